The SMILES string of the molecule is CCN(Cc1cccs1)C(=O)C1CNc2ccccc2O1. The molecule has 1 aliphatic rings. The number of thiophene rings is 1. The normalized spacial score (nSPS) is 16.5. The first-order valence-electron chi connectivity index (χ1n) is 7.08. The van der Waals surface area contributed by atoms with Gasteiger partial charge in [-0.3, -0.25) is 4.79 Å². The standard InChI is InChI=1S/C16H18N2O2S/c1-2-18(11-12-6-5-9-21-12)16(19)15-10-17-13-7-3-4-8-14(13)20-15/h3-9,15,17H,2,10-11H2,1H3. The lowest BCUT2D eigenvalue weighted by atomic mass is 10.2. The van der Waals surface area contributed by atoms with Crippen LogP contribution < -0.4 is 10.1 Å². The zero-order valence-electron chi connectivity index (χ0n) is 11.9. The summed E-state index contributed by atoms with van der Waals surface area (Å²) < 4.78 is 5.85. The highest BCUT2D eigenvalue weighted by molar-refractivity contribution is 7.09. The fourth-order valence-corrected chi connectivity index (χ4v) is 3.11. The van der Waals surface area contributed by atoms with Crippen molar-refractivity contribution in [2.24, 2.45) is 0 Å². The molecule has 0 bridgehead atoms. The Labute approximate surface area is 128 Å². The number of rotatable bonds is 4. The second-order valence-corrected chi connectivity index (χ2v) is 5.95. The van der Waals surface area contributed by atoms with Gasteiger partial charge >= 0.3 is 0 Å². The lowest BCUT2D eigenvalue weighted by Gasteiger charge is -2.30. The summed E-state index contributed by atoms with van der Waals surface area (Å²) >= 11 is 1.67. The Balaban J connectivity index is 1.70. The van der Waals surface area contributed by atoms with Gasteiger partial charge < -0.3 is 15.0 Å². The van der Waals surface area contributed by atoms with E-state index in [-0.39, 0.29) is 5.91 Å². The van der Waals surface area contributed by atoms with Crippen LogP contribution >= 0.6 is 11.3 Å². The van der Waals surface area contributed by atoms with Crippen molar-refractivity contribution < 1.29 is 9.53 Å². The van der Waals surface area contributed by atoms with E-state index in [9.17, 15) is 4.79 Å². The number of anilines is 1. The van der Waals surface area contributed by atoms with Crippen molar-refractivity contribution in [2.75, 3.05) is 18.4 Å². The summed E-state index contributed by atoms with van der Waals surface area (Å²) in [5.74, 6) is 0.780. The number of hydrogen-bond acceptors (Lipinski definition) is 4. The van der Waals surface area contributed by atoms with Crippen LogP contribution in [0.5, 0.6) is 5.75 Å². The minimum absolute atomic E-state index is 0.0351. The van der Waals surface area contributed by atoms with Gasteiger partial charge in [-0.2, -0.15) is 0 Å². The molecule has 1 amide bonds. The maximum absolute atomic E-state index is 12.6. The molecule has 0 saturated carbocycles. The largest absolute Gasteiger partial charge is 0.477 e. The van der Waals surface area contributed by atoms with E-state index in [1.165, 1.54) is 4.88 Å². The molecule has 21 heavy (non-hydrogen) atoms. The van der Waals surface area contributed by atoms with Gasteiger partial charge in [0.05, 0.1) is 18.8 Å². The molecule has 1 atom stereocenters. The van der Waals surface area contributed by atoms with Crippen LogP contribution in [0, 0.1) is 0 Å². The molecule has 110 valence electrons. The Morgan fingerprint density at radius 1 is 1.38 bits per heavy atom. The average molecular weight is 302 g/mol. The van der Waals surface area contributed by atoms with Crippen LogP contribution in [-0.4, -0.2) is 30.0 Å². The number of hydrogen-bond donors (Lipinski definition) is 1. The highest BCUT2D eigenvalue weighted by Gasteiger charge is 2.29. The molecule has 0 fully saturated rings. The maximum atomic E-state index is 12.6. The lowest BCUT2D eigenvalue weighted by Crippen LogP contribution is -2.46. The average Bonchev–Trinajstić information content (AvgIpc) is 3.04. The molecule has 5 heteroatoms. The summed E-state index contributed by atoms with van der Waals surface area (Å²) in [6.07, 6.45) is -0.459. The Bertz CT molecular complexity index is 612. The highest BCUT2D eigenvalue weighted by atomic mass is 32.1. The summed E-state index contributed by atoms with van der Waals surface area (Å²) in [5, 5.41) is 5.29. The van der Waals surface area contributed by atoms with E-state index in [0.717, 1.165) is 11.4 Å². The molecule has 0 aliphatic carbocycles. The smallest absolute Gasteiger partial charge is 0.265 e. The van der Waals surface area contributed by atoms with Gasteiger partial charge in [0.15, 0.2) is 6.10 Å². The Hall–Kier alpha value is -2.01. The summed E-state index contributed by atoms with van der Waals surface area (Å²) in [4.78, 5) is 15.7. The first kappa shape index (κ1) is 13.9. The van der Waals surface area contributed by atoms with E-state index in [4.69, 9.17) is 4.74 Å². The number of amides is 1. The van der Waals surface area contributed by atoms with Crippen molar-refractivity contribution in [2.45, 2.75) is 19.6 Å². The number of carbonyl (C=O) groups excluding carboxylic acids is 1. The quantitative estimate of drug-likeness (QED) is 0.944. The number of benzene rings is 1. The third-order valence-electron chi connectivity index (χ3n) is 3.53. The molecule has 0 radical (unpaired) electrons. The predicted molar refractivity (Wildman–Crippen MR) is 84.8 cm³/mol. The topological polar surface area (TPSA) is 41.6 Å². The third-order valence-corrected chi connectivity index (χ3v) is 4.39. The molecule has 1 unspecified atom stereocenters. The van der Waals surface area contributed by atoms with Crippen molar-refractivity contribution in [1.29, 1.82) is 0 Å². The first-order chi connectivity index (χ1) is 10.3. The second-order valence-electron chi connectivity index (χ2n) is 4.92. The second kappa shape index (κ2) is 6.18. The van der Waals surface area contributed by atoms with Crippen LogP contribution in [0.25, 0.3) is 0 Å². The molecule has 2 aromatic rings. The van der Waals surface area contributed by atoms with Gasteiger partial charge in [0, 0.05) is 11.4 Å². The van der Waals surface area contributed by atoms with Crippen molar-refractivity contribution in [3.8, 4) is 5.75 Å². The van der Waals surface area contributed by atoms with E-state index in [2.05, 4.69) is 11.4 Å². The van der Waals surface area contributed by atoms with Gasteiger partial charge in [-0.1, -0.05) is 18.2 Å². The van der Waals surface area contributed by atoms with E-state index < -0.39 is 6.10 Å². The summed E-state index contributed by atoms with van der Waals surface area (Å²) in [5.41, 5.74) is 0.947. The summed E-state index contributed by atoms with van der Waals surface area (Å²) in [6, 6.07) is 11.8. The molecule has 1 aromatic carbocycles. The number of para-hydroxylation sites is 2. The zero-order chi connectivity index (χ0) is 14.7. The van der Waals surface area contributed by atoms with Crippen LogP contribution in [0.3, 0.4) is 0 Å². The van der Waals surface area contributed by atoms with Crippen molar-refractivity contribution in [1.82, 2.24) is 4.90 Å². The molecule has 1 N–H and O–H groups in total. The molecule has 2 heterocycles. The van der Waals surface area contributed by atoms with Gasteiger partial charge in [-0.05, 0) is 30.5 Å². The predicted octanol–water partition coefficient (Wildman–Crippen LogP) is 2.97. The lowest BCUT2D eigenvalue weighted by molar-refractivity contribution is -0.138. The van der Waals surface area contributed by atoms with E-state index in [1.54, 1.807) is 11.3 Å². The van der Waals surface area contributed by atoms with Crippen molar-refractivity contribution >= 4 is 22.9 Å². The molecule has 0 spiro atoms. The van der Waals surface area contributed by atoms with E-state index in [1.807, 2.05) is 47.5 Å². The zero-order valence-corrected chi connectivity index (χ0v) is 12.7. The number of likely N-dealkylation sites (N-methyl/N-ethyl adjacent to an activating group) is 1. The Kier molecular flexibility index (Phi) is 4.10. The molecule has 3 rings (SSSR count). The minimum atomic E-state index is -0.459. The van der Waals surface area contributed by atoms with Crippen molar-refractivity contribution in [3.63, 3.8) is 0 Å². The van der Waals surface area contributed by atoms with Gasteiger partial charge in [-0.15, -0.1) is 11.3 Å². The molecule has 4 nitrogen and oxygen atoms in total. The summed E-state index contributed by atoms with van der Waals surface area (Å²) in [7, 11) is 0. The van der Waals surface area contributed by atoms with Gasteiger partial charge in [0.2, 0.25) is 0 Å². The molecular weight excluding hydrogens is 284 g/mol. The fraction of sp³-hybridized carbons (Fsp3) is 0.312. The molecule has 1 aromatic heterocycles. The van der Waals surface area contributed by atoms with E-state index in [0.29, 0.717) is 19.6 Å². The Morgan fingerprint density at radius 3 is 3.00 bits per heavy atom. The number of carbonyl (C=O) groups is 1. The van der Waals surface area contributed by atoms with Crippen LogP contribution in [0.2, 0.25) is 0 Å². The number of nitrogens with one attached hydrogen (secondary N) is 1. The van der Waals surface area contributed by atoms with Crippen LogP contribution in [0.1, 0.15) is 11.8 Å². The van der Waals surface area contributed by atoms with E-state index >= 15 is 0 Å². The van der Waals surface area contributed by atoms with Crippen molar-refractivity contribution in [3.05, 3.63) is 46.7 Å². The Morgan fingerprint density at radius 2 is 2.24 bits per heavy atom. The van der Waals surface area contributed by atoms with Crippen LogP contribution in [0.4, 0.5) is 5.69 Å². The fourth-order valence-electron chi connectivity index (χ4n) is 2.39. The first-order valence-corrected chi connectivity index (χ1v) is 7.96. The van der Waals surface area contributed by atoms with Crippen LogP contribution in [0.15, 0.2) is 41.8 Å². The van der Waals surface area contributed by atoms with Gasteiger partial charge in [0.1, 0.15) is 5.75 Å². The molecule has 1 aliphatic heterocycles. The molecule has 0 saturated heterocycles. The monoisotopic (exact) mass is 302 g/mol. The third kappa shape index (κ3) is 3.03. The number of nitrogens with zero attached hydrogens (tertiary/aromatic N) is 1. The van der Waals surface area contributed by atoms with Gasteiger partial charge in [0.25, 0.3) is 5.91 Å². The summed E-state index contributed by atoms with van der Waals surface area (Å²) in [6.45, 7) is 3.83. The van der Waals surface area contributed by atoms with Crippen LogP contribution in [-0.2, 0) is 11.3 Å². The molecular formula is C16H18N2O2S. The minimum Gasteiger partial charge on any atom is -0.477 e. The van der Waals surface area contributed by atoms with Gasteiger partial charge in [-0.25, -0.2) is 0 Å². The number of fused-ring (bicyclic) bond motifs is 1. The maximum Gasteiger partial charge on any atom is 0.265 e. The highest BCUT2D eigenvalue weighted by Crippen LogP contribution is 2.28. The number of ether oxygens (including phenoxy) is 1.